The van der Waals surface area contributed by atoms with E-state index in [0.29, 0.717) is 32.7 Å². The number of carbonyl (C=O) groups is 8. The molecule has 2 aromatic heterocycles. The van der Waals surface area contributed by atoms with Crippen LogP contribution in [0.3, 0.4) is 0 Å². The number of nitrogens with one attached hydrogen (secondary N) is 6. The van der Waals surface area contributed by atoms with Crippen molar-refractivity contribution in [2.24, 2.45) is 16.7 Å². The second-order valence-corrected chi connectivity index (χ2v) is 44.0. The van der Waals surface area contributed by atoms with Crippen molar-refractivity contribution in [3.63, 3.8) is 0 Å². The van der Waals surface area contributed by atoms with Gasteiger partial charge in [0.2, 0.25) is 28.2 Å². The molecule has 4 aromatic rings. The maximum Gasteiger partial charge on any atom is 0.323 e. The third-order valence-corrected chi connectivity index (χ3v) is 20.5. The van der Waals surface area contributed by atoms with Crippen LogP contribution in [0.1, 0.15) is 114 Å². The zero-order valence-electron chi connectivity index (χ0n) is 71.4. The zero-order chi connectivity index (χ0) is 91.7. The fourth-order valence-electron chi connectivity index (χ4n) is 7.27. The molecular formula is C68H129Cl2N14O27P7Pr2-2. The number of likely N-dealkylation sites (N-methyl/N-ethyl adjacent to an activating group) is 2. The number of imidazole rings is 2. The first kappa shape index (κ1) is 132. The molecule has 52 heteroatoms. The molecule has 2 aromatic carbocycles. The van der Waals surface area contributed by atoms with Crippen LogP contribution >= 0.6 is 73.1 Å². The number of benzene rings is 2. The number of aromatic hydroxyl groups is 2. The Morgan fingerprint density at radius 2 is 0.850 bits per heavy atom. The van der Waals surface area contributed by atoms with Crippen molar-refractivity contribution in [1.82, 2.24) is 54.1 Å². The van der Waals surface area contributed by atoms with Gasteiger partial charge in [0.1, 0.15) is 60.4 Å². The van der Waals surface area contributed by atoms with Gasteiger partial charge < -0.3 is 79.1 Å². The molecule has 2 radical (unpaired) electrons. The average Bonchev–Trinajstić information content (AvgIpc) is 1.01. The first-order chi connectivity index (χ1) is 53.8. The van der Waals surface area contributed by atoms with E-state index >= 15 is 0 Å². The molecule has 2 heterocycles. The summed E-state index contributed by atoms with van der Waals surface area (Å²) in [6, 6.07) is 9.16. The minimum atomic E-state index is -3.55. The molecule has 0 fully saturated rings. The van der Waals surface area contributed by atoms with Gasteiger partial charge in [0.25, 0.3) is 15.0 Å². The summed E-state index contributed by atoms with van der Waals surface area (Å²) in [6.45, 7) is 34.1. The zero-order valence-corrected chi connectivity index (χ0v) is 86.6. The average molecular weight is 2140 g/mol. The molecule has 0 aliphatic heterocycles. The Labute approximate surface area is 782 Å². The predicted molar refractivity (Wildman–Crippen MR) is 458 cm³/mol. The molecule has 0 bridgehead atoms. The van der Waals surface area contributed by atoms with Crippen molar-refractivity contribution in [3.05, 3.63) is 110 Å². The fourth-order valence-corrected chi connectivity index (χ4v) is 12.7. The van der Waals surface area contributed by atoms with Gasteiger partial charge in [-0.1, -0.05) is 45.5 Å². The Hall–Kier alpha value is -3.60. The van der Waals surface area contributed by atoms with Crippen LogP contribution in [-0.4, -0.2) is 241 Å². The van der Waals surface area contributed by atoms with Crippen molar-refractivity contribution in [1.29, 1.82) is 0 Å². The summed E-state index contributed by atoms with van der Waals surface area (Å²) < 4.78 is 121. The van der Waals surface area contributed by atoms with E-state index in [0.717, 1.165) is 37.3 Å². The molecule has 0 amide bonds. The number of nitrogens with zero attached hydrogens (tertiary/aromatic N) is 5. The summed E-state index contributed by atoms with van der Waals surface area (Å²) in [5, 5.41) is 33.6. The number of nitrogens with two attached hydrogens (primary N) is 3. The van der Waals surface area contributed by atoms with E-state index in [1.807, 2.05) is 13.8 Å². The third kappa shape index (κ3) is 75.7. The van der Waals surface area contributed by atoms with Gasteiger partial charge in [0.05, 0.1) is 52.9 Å². The first-order valence-corrected chi connectivity index (χ1v) is 52.6. The Kier molecular flexibility index (Phi) is 78.5. The number of carbonyl (C=O) groups excluding carboxylic acids is 8. The number of aromatic nitrogens is 4. The number of rotatable bonds is 37. The fraction of sp³-hybridized carbons (Fsp3) is 0.588. The molecule has 0 saturated heterocycles. The van der Waals surface area contributed by atoms with Gasteiger partial charge in [-0.2, -0.15) is 0 Å². The largest absolute Gasteiger partial charge is 0.508 e. The van der Waals surface area contributed by atoms with Gasteiger partial charge in [-0.15, -0.1) is 0 Å². The molecule has 4 rings (SSSR count). The van der Waals surface area contributed by atoms with Crippen molar-refractivity contribution in [3.8, 4) is 11.5 Å². The number of hydrogen-bond donors (Lipinski definition) is 13. The van der Waals surface area contributed by atoms with E-state index in [4.69, 9.17) is 66.6 Å². The second-order valence-electron chi connectivity index (χ2n) is 24.4. The van der Waals surface area contributed by atoms with E-state index in [2.05, 4.69) is 61.2 Å². The van der Waals surface area contributed by atoms with Gasteiger partial charge in [0.15, 0.2) is 19.4 Å². The Bertz CT molecular complexity index is 3780. The van der Waals surface area contributed by atoms with E-state index in [1.165, 1.54) is 96.7 Å². The second kappa shape index (κ2) is 71.4. The SMILES string of the molecule is C.CCCOC(=O)C(Cc1ccc(O)cc1)NP(C)(=O)O.CCCOC(=O)C(N)Cc1ccc(O)cc1.CCOC(=O)C(C)NC.CCOC(=O)C(C)NP(C)(=O)N(C)C(C)C(=O)OCC.CCOC(=O)C(C)NP(C)(=O)n1ccnc1.CCOC(=O)[CH-]NP(C)(=O)N[CH-]C(=O)OCC.CP(=O)(Cl)Cl.CP(=O)(O)n1ccnc1.CP(N)(N)=O.[Pr].[Pr]. The van der Waals surface area contributed by atoms with Crippen molar-refractivity contribution < 1.29 is 211 Å². The number of phenols is 2. The third-order valence-electron chi connectivity index (χ3n) is 12.9. The van der Waals surface area contributed by atoms with Crippen LogP contribution in [0, 0.1) is 95.7 Å². The summed E-state index contributed by atoms with van der Waals surface area (Å²) in [7, 11) is -15.0. The maximum absolute atomic E-state index is 12.6. The molecule has 0 spiro atoms. The topological polar surface area (TPSA) is 600 Å². The number of hydrogen-bond acceptors (Lipinski definition) is 29. The Morgan fingerprint density at radius 3 is 1.17 bits per heavy atom. The first-order valence-electron chi connectivity index (χ1n) is 35.8. The maximum atomic E-state index is 12.6. The predicted octanol–water partition coefficient (Wildman–Crippen LogP) is 9.00. The van der Waals surface area contributed by atoms with Crippen LogP contribution in [-0.2, 0) is 121 Å². The van der Waals surface area contributed by atoms with Gasteiger partial charge in [-0.05, 0) is 167 Å². The quantitative estimate of drug-likeness (QED) is 0.00866. The van der Waals surface area contributed by atoms with E-state index in [9.17, 15) is 80.3 Å². The van der Waals surface area contributed by atoms with Crippen LogP contribution < -0.4 is 47.5 Å². The molecule has 120 heavy (non-hydrogen) atoms. The van der Waals surface area contributed by atoms with Crippen LogP contribution in [0.4, 0.5) is 0 Å². The Morgan fingerprint density at radius 1 is 0.517 bits per heavy atom. The monoisotopic (exact) mass is 2140 g/mol. The molecule has 10 unspecified atom stereocenters. The molecule has 16 N–H and O–H groups in total. The van der Waals surface area contributed by atoms with Crippen molar-refractivity contribution in [2.75, 3.05) is 114 Å². The number of esters is 8. The minimum Gasteiger partial charge on any atom is -0.508 e. The van der Waals surface area contributed by atoms with Crippen molar-refractivity contribution >= 4 is 121 Å². The van der Waals surface area contributed by atoms with Crippen LogP contribution in [0.25, 0.3) is 0 Å². The number of halogens is 2. The Balaban J connectivity index is -0.000000201. The molecular weight excluding hydrogens is 2010 g/mol. The van der Waals surface area contributed by atoms with Gasteiger partial charge in [-0.3, -0.25) is 90.0 Å². The van der Waals surface area contributed by atoms with Gasteiger partial charge >= 0.3 is 35.8 Å². The minimum absolute atomic E-state index is 0. The molecule has 10 atom stereocenters. The molecule has 0 saturated carbocycles. The van der Waals surface area contributed by atoms with E-state index in [1.54, 1.807) is 126 Å². The summed E-state index contributed by atoms with van der Waals surface area (Å²) >= 11 is 9.70. The molecule has 690 valence electrons. The van der Waals surface area contributed by atoms with Crippen LogP contribution in [0.5, 0.6) is 11.5 Å². The number of ether oxygens (including phenoxy) is 8. The summed E-state index contributed by atoms with van der Waals surface area (Å²) in [5.74, 6) is -6.12. The van der Waals surface area contributed by atoms with Crippen molar-refractivity contribution in [2.45, 2.75) is 152 Å². The normalized spacial score (nSPS) is 13.9. The van der Waals surface area contributed by atoms with Gasteiger partial charge in [0, 0.05) is 154 Å². The molecule has 0 aliphatic rings. The van der Waals surface area contributed by atoms with Gasteiger partial charge in [-0.25, -0.2) is 43.0 Å². The summed E-state index contributed by atoms with van der Waals surface area (Å²) in [6.07, 6.45) is 10.9. The van der Waals surface area contributed by atoms with E-state index in [-0.39, 0.29) is 159 Å². The number of phenolic OH excluding ortho intramolecular Hbond substituents is 2. The summed E-state index contributed by atoms with van der Waals surface area (Å²) in [5.41, 5.74) is 16.7. The van der Waals surface area contributed by atoms with Crippen LogP contribution in [0.2, 0.25) is 0 Å². The van der Waals surface area contributed by atoms with Crippen LogP contribution in [0.15, 0.2) is 86.0 Å². The summed E-state index contributed by atoms with van der Waals surface area (Å²) in [4.78, 5) is 116. The van der Waals surface area contributed by atoms with E-state index < -0.39 is 117 Å². The smallest absolute Gasteiger partial charge is 0.323 e. The molecule has 41 nitrogen and oxygen atoms in total. The molecule has 0 aliphatic carbocycles. The standard InChI is InChI=1S/C13H20NO5P.C12H25N2O5P.C12H17NO3.C9H16N3O3P.C9H17N2O5P.C6H13NO2.C4H7N2O2P.CH3Cl2OP.CH7N2OP.CH4.2Pr/c1-3-8-19-13(16)12(14-20(2,17)18)9-10-4-6-11(15)7-5-10;1-7-18-11(15)9(3)13-20(6,17)14(5)10(4)12(16)19-8-2;1-2-7-16-12(15)11(13)8-9-3-5-10(14)6-4-9;1-4-15-9(13)8(2)11-16(3,14)12-6-5-10-7-12;1-4-15-8(12)6-10-17(3,14)11-7-9(13)16-5-2;1-4-9-6(8)5(2)7-3;1-9(7,8)6-3-2-5-4-6;2*1-5(2,3)4;;;/h4-7,12,15H,3,8-9H2,1-2H3,(H2,14,17,18);9-10H,7-8H2,1-6H3,(H,13,17);3-6,11,14H,2,7-8,13H2,1H3;5-8H,4H2,1-3H3,(H,11,14);6-7H,4-5H2,1-3H3,(H2,10,11,14);5,7H,4H2,1-3H3;2-4H,1H3,(H,7,8);1H3;1H3,(H4,2,3,4);1H4;;/q;;;;-2;;;;;;;.